The van der Waals surface area contributed by atoms with Gasteiger partial charge in [0.1, 0.15) is 39.7 Å². The number of phenols is 3. The topological polar surface area (TPSA) is 113 Å². The van der Waals surface area contributed by atoms with E-state index < -0.39 is 5.43 Å². The Hall–Kier alpha value is -3.45. The van der Waals surface area contributed by atoms with Gasteiger partial charge in [0.15, 0.2) is 5.43 Å². The van der Waals surface area contributed by atoms with Crippen LogP contribution in [0.3, 0.4) is 0 Å². The van der Waals surface area contributed by atoms with Gasteiger partial charge in [-0.05, 0) is 31.9 Å². The molecule has 7 heteroatoms. The number of phenolic OH excluding ortho intramolecular Hbond substituents is 3. The van der Waals surface area contributed by atoms with Crippen molar-refractivity contribution in [1.29, 1.82) is 0 Å². The van der Waals surface area contributed by atoms with Crippen LogP contribution in [0, 0.1) is 5.92 Å². The Balaban J connectivity index is 2.02. The lowest BCUT2D eigenvalue weighted by molar-refractivity contribution is 0.323. The summed E-state index contributed by atoms with van der Waals surface area (Å²) in [4.78, 5) is 13.7. The fraction of sp³-hybridized carbons (Fsp3) is 0.346. The van der Waals surface area contributed by atoms with Gasteiger partial charge in [0, 0.05) is 24.1 Å². The summed E-state index contributed by atoms with van der Waals surface area (Å²) in [5.74, 6) is 0.152. The highest BCUT2D eigenvalue weighted by Gasteiger charge is 2.48. The van der Waals surface area contributed by atoms with Crippen LogP contribution < -0.4 is 10.2 Å². The SMILES string of the molecule is COc1cc2oc(-c3ccc(O)cc3O)c(CC3OC3(C)C)c(=O)c2c(O)c1/C=C/C(C)C. The van der Waals surface area contributed by atoms with Gasteiger partial charge in [0.25, 0.3) is 0 Å². The van der Waals surface area contributed by atoms with Crippen LogP contribution in [0.15, 0.2) is 39.6 Å². The monoisotopic (exact) mass is 452 g/mol. The molecule has 1 atom stereocenters. The molecule has 0 amide bonds. The summed E-state index contributed by atoms with van der Waals surface area (Å²) in [6.45, 7) is 7.85. The number of rotatable bonds is 6. The standard InChI is InChI=1S/C26H28O7/c1-13(2)6-8-16-19(31-5)12-20-22(23(16)29)24(30)17(11-21-26(3,4)33-21)25(32-20)15-9-7-14(27)10-18(15)28/h6-10,12-13,21,27-29H,11H2,1-5H3/b8-6+. The third-order valence-corrected chi connectivity index (χ3v) is 5.90. The predicted octanol–water partition coefficient (Wildman–Crippen LogP) is 4.97. The highest BCUT2D eigenvalue weighted by atomic mass is 16.6. The minimum atomic E-state index is -0.413. The molecule has 2 heterocycles. The van der Waals surface area contributed by atoms with E-state index in [9.17, 15) is 20.1 Å². The molecule has 0 spiro atoms. The third kappa shape index (κ3) is 4.16. The molecule has 7 nitrogen and oxygen atoms in total. The number of aromatic hydroxyl groups is 3. The summed E-state index contributed by atoms with van der Waals surface area (Å²) in [5, 5.41) is 31.3. The number of hydrogen-bond donors (Lipinski definition) is 3. The van der Waals surface area contributed by atoms with Gasteiger partial charge in [0.2, 0.25) is 0 Å². The first-order valence-electron chi connectivity index (χ1n) is 10.8. The molecule has 0 radical (unpaired) electrons. The minimum Gasteiger partial charge on any atom is -0.508 e. The van der Waals surface area contributed by atoms with Crippen molar-refractivity contribution >= 4 is 17.0 Å². The van der Waals surface area contributed by atoms with E-state index in [1.54, 1.807) is 12.1 Å². The quantitative estimate of drug-likeness (QED) is 0.452. The molecule has 2 aromatic carbocycles. The van der Waals surface area contributed by atoms with E-state index >= 15 is 0 Å². The fourth-order valence-electron chi connectivity index (χ4n) is 3.90. The van der Waals surface area contributed by atoms with E-state index in [1.807, 2.05) is 33.8 Å². The van der Waals surface area contributed by atoms with Gasteiger partial charge in [0.05, 0.1) is 29.9 Å². The van der Waals surface area contributed by atoms with E-state index in [4.69, 9.17) is 13.9 Å². The number of hydrogen-bond acceptors (Lipinski definition) is 7. The molecule has 174 valence electrons. The second-order valence-electron chi connectivity index (χ2n) is 9.17. The smallest absolute Gasteiger partial charge is 0.200 e. The highest BCUT2D eigenvalue weighted by Crippen LogP contribution is 2.43. The third-order valence-electron chi connectivity index (χ3n) is 5.90. The first kappa shape index (κ1) is 22.7. The molecule has 1 saturated heterocycles. The lowest BCUT2D eigenvalue weighted by Crippen LogP contribution is -2.16. The van der Waals surface area contributed by atoms with Crippen LogP contribution in [0.4, 0.5) is 0 Å². The average Bonchev–Trinajstić information content (AvgIpc) is 3.34. The summed E-state index contributed by atoms with van der Waals surface area (Å²) < 4.78 is 17.3. The van der Waals surface area contributed by atoms with Gasteiger partial charge in [-0.3, -0.25) is 4.79 Å². The summed E-state index contributed by atoms with van der Waals surface area (Å²) in [6, 6.07) is 5.62. The summed E-state index contributed by atoms with van der Waals surface area (Å²) in [6.07, 6.45) is 3.65. The van der Waals surface area contributed by atoms with Crippen LogP contribution in [-0.4, -0.2) is 34.1 Å². The summed E-state index contributed by atoms with van der Waals surface area (Å²) in [5.41, 5.74) is 0.242. The molecule has 0 aliphatic carbocycles. The molecule has 33 heavy (non-hydrogen) atoms. The van der Waals surface area contributed by atoms with Crippen molar-refractivity contribution in [2.75, 3.05) is 7.11 Å². The second kappa shape index (κ2) is 8.15. The Morgan fingerprint density at radius 3 is 2.45 bits per heavy atom. The molecule has 3 aromatic rings. The molecule has 1 fully saturated rings. The zero-order chi connectivity index (χ0) is 24.1. The highest BCUT2D eigenvalue weighted by molar-refractivity contribution is 5.92. The van der Waals surface area contributed by atoms with Crippen LogP contribution in [-0.2, 0) is 11.2 Å². The van der Waals surface area contributed by atoms with Crippen molar-refractivity contribution in [3.05, 3.63) is 51.7 Å². The lowest BCUT2D eigenvalue weighted by atomic mass is 9.96. The van der Waals surface area contributed by atoms with Gasteiger partial charge in [-0.25, -0.2) is 0 Å². The molecule has 3 N–H and O–H groups in total. The molecular weight excluding hydrogens is 424 g/mol. The Bertz CT molecular complexity index is 1310. The van der Waals surface area contributed by atoms with Crippen LogP contribution in [0.5, 0.6) is 23.0 Å². The van der Waals surface area contributed by atoms with Crippen molar-refractivity contribution in [3.8, 4) is 34.3 Å². The van der Waals surface area contributed by atoms with E-state index in [0.29, 0.717) is 11.3 Å². The first-order valence-corrected chi connectivity index (χ1v) is 10.8. The van der Waals surface area contributed by atoms with Crippen LogP contribution in [0.2, 0.25) is 0 Å². The van der Waals surface area contributed by atoms with Crippen LogP contribution >= 0.6 is 0 Å². The number of epoxide rings is 1. The number of fused-ring (bicyclic) bond motifs is 1. The number of methoxy groups -OCH3 is 1. The maximum absolute atomic E-state index is 13.7. The zero-order valence-corrected chi connectivity index (χ0v) is 19.3. The Kier molecular flexibility index (Phi) is 5.62. The number of benzene rings is 2. The molecule has 1 aromatic heterocycles. The van der Waals surface area contributed by atoms with Crippen LogP contribution in [0.25, 0.3) is 28.4 Å². The van der Waals surface area contributed by atoms with Gasteiger partial charge >= 0.3 is 0 Å². The van der Waals surface area contributed by atoms with Gasteiger partial charge < -0.3 is 29.2 Å². The van der Waals surface area contributed by atoms with Crippen molar-refractivity contribution in [1.82, 2.24) is 0 Å². The Morgan fingerprint density at radius 1 is 1.18 bits per heavy atom. The van der Waals surface area contributed by atoms with Crippen LogP contribution in [0.1, 0.15) is 38.8 Å². The average molecular weight is 453 g/mol. The van der Waals surface area contributed by atoms with Crippen molar-refractivity contribution < 1.29 is 29.2 Å². The van der Waals surface area contributed by atoms with Gasteiger partial charge in [-0.1, -0.05) is 26.0 Å². The van der Waals surface area contributed by atoms with Crippen molar-refractivity contribution in [2.24, 2.45) is 5.92 Å². The molecule has 4 rings (SSSR count). The van der Waals surface area contributed by atoms with E-state index in [1.165, 1.54) is 25.3 Å². The Labute approximate surface area is 191 Å². The number of ether oxygens (including phenoxy) is 2. The maximum Gasteiger partial charge on any atom is 0.200 e. The maximum atomic E-state index is 13.7. The molecule has 0 bridgehead atoms. The van der Waals surface area contributed by atoms with E-state index in [-0.39, 0.29) is 69.1 Å². The zero-order valence-electron chi connectivity index (χ0n) is 19.3. The Morgan fingerprint density at radius 2 is 1.88 bits per heavy atom. The molecule has 0 saturated carbocycles. The molecular formula is C26H28O7. The fourth-order valence-corrected chi connectivity index (χ4v) is 3.90. The minimum absolute atomic E-state index is 0.0367. The largest absolute Gasteiger partial charge is 0.508 e. The summed E-state index contributed by atoms with van der Waals surface area (Å²) >= 11 is 0. The van der Waals surface area contributed by atoms with Crippen molar-refractivity contribution in [3.63, 3.8) is 0 Å². The van der Waals surface area contributed by atoms with E-state index in [2.05, 4.69) is 0 Å². The van der Waals surface area contributed by atoms with Gasteiger partial charge in [-0.2, -0.15) is 0 Å². The molecule has 1 aliphatic heterocycles. The number of allylic oxidation sites excluding steroid dienone is 1. The second-order valence-corrected chi connectivity index (χ2v) is 9.17. The van der Waals surface area contributed by atoms with Crippen molar-refractivity contribution in [2.45, 2.75) is 45.8 Å². The van der Waals surface area contributed by atoms with E-state index in [0.717, 1.165) is 0 Å². The lowest BCUT2D eigenvalue weighted by Gasteiger charge is -2.15. The predicted molar refractivity (Wildman–Crippen MR) is 126 cm³/mol. The first-order chi connectivity index (χ1) is 15.5. The summed E-state index contributed by atoms with van der Waals surface area (Å²) in [7, 11) is 1.47. The van der Waals surface area contributed by atoms with Gasteiger partial charge in [-0.15, -0.1) is 0 Å². The molecule has 1 aliphatic rings. The normalized spacial score (nSPS) is 17.2. The molecule has 1 unspecified atom stereocenters.